The molecule has 0 aromatic carbocycles. The summed E-state index contributed by atoms with van der Waals surface area (Å²) in [7, 11) is 0. The van der Waals surface area contributed by atoms with E-state index in [1.807, 2.05) is 4.90 Å². The fraction of sp³-hybridized carbons (Fsp3) is 0.533. The first-order valence-electron chi connectivity index (χ1n) is 7.78. The van der Waals surface area contributed by atoms with Crippen molar-refractivity contribution in [3.8, 4) is 6.01 Å². The average Bonchev–Trinajstić information content (AvgIpc) is 3.30. The van der Waals surface area contributed by atoms with Crippen molar-refractivity contribution in [2.75, 3.05) is 18.1 Å². The van der Waals surface area contributed by atoms with Crippen molar-refractivity contribution in [3.63, 3.8) is 0 Å². The van der Waals surface area contributed by atoms with Crippen LogP contribution < -0.4 is 9.64 Å². The highest BCUT2D eigenvalue weighted by Gasteiger charge is 2.45. The van der Waals surface area contributed by atoms with Crippen LogP contribution in [0.1, 0.15) is 18.5 Å². The van der Waals surface area contributed by atoms with Crippen LogP contribution in [0, 0.1) is 12.7 Å². The fourth-order valence-electron chi connectivity index (χ4n) is 3.04. The maximum atomic E-state index is 14.5. The molecule has 128 valence electrons. The second-order valence-corrected chi connectivity index (χ2v) is 5.95. The van der Waals surface area contributed by atoms with Crippen LogP contribution in [-0.2, 0) is 4.74 Å². The van der Waals surface area contributed by atoms with Gasteiger partial charge in [0.1, 0.15) is 11.3 Å². The molecule has 2 aromatic heterocycles. The molecule has 9 heteroatoms. The highest BCUT2D eigenvalue weighted by Crippen LogP contribution is 2.39. The van der Waals surface area contributed by atoms with Gasteiger partial charge in [0, 0.05) is 19.3 Å². The molecule has 0 radical (unpaired) electrons. The van der Waals surface area contributed by atoms with Gasteiger partial charge in [-0.1, -0.05) is 0 Å². The van der Waals surface area contributed by atoms with E-state index in [-0.39, 0.29) is 29.4 Å². The number of aryl methyl sites for hydroxylation is 1. The number of aliphatic hydroxyl groups is 2. The van der Waals surface area contributed by atoms with Gasteiger partial charge in [0.05, 0.1) is 23.2 Å². The number of ether oxygens (including phenoxy) is 2. The van der Waals surface area contributed by atoms with Gasteiger partial charge in [-0.15, -0.1) is 0 Å². The van der Waals surface area contributed by atoms with Crippen molar-refractivity contribution in [2.24, 2.45) is 0 Å². The second kappa shape index (κ2) is 5.76. The number of nitrogens with zero attached hydrogens (tertiary/aromatic N) is 4. The molecule has 0 bridgehead atoms. The van der Waals surface area contributed by atoms with E-state index in [1.54, 1.807) is 0 Å². The fourth-order valence-corrected chi connectivity index (χ4v) is 3.04. The Bertz CT molecular complexity index is 788. The largest absolute Gasteiger partial charge is 0.408 e. The summed E-state index contributed by atoms with van der Waals surface area (Å²) in [4.78, 5) is 14.3. The Balaban J connectivity index is 1.87. The third kappa shape index (κ3) is 2.64. The van der Waals surface area contributed by atoms with Crippen LogP contribution in [0.4, 0.5) is 10.2 Å². The predicted octanol–water partition coefficient (Wildman–Crippen LogP) is 0.487. The van der Waals surface area contributed by atoms with Crippen molar-refractivity contribution in [3.05, 3.63) is 17.7 Å². The minimum absolute atomic E-state index is 0.0468. The number of halogens is 1. The zero-order valence-electron chi connectivity index (χ0n) is 13.0. The molecule has 0 amide bonds. The summed E-state index contributed by atoms with van der Waals surface area (Å²) in [6.45, 7) is 0.825. The molecule has 2 aromatic rings. The number of aliphatic hydroxyl groups excluding tert-OH is 1. The Hall–Kier alpha value is -2.10. The molecule has 2 N–H and O–H groups in total. The zero-order valence-corrected chi connectivity index (χ0v) is 13.0. The topological polar surface area (TPSA) is 101 Å². The number of hydrogen-bond acceptors (Lipinski definition) is 8. The molecule has 3 heterocycles. The Morgan fingerprint density at radius 2 is 2.25 bits per heavy atom. The quantitative estimate of drug-likeness (QED) is 0.781. The molecule has 1 aliphatic carbocycles. The van der Waals surface area contributed by atoms with Gasteiger partial charge in [0.2, 0.25) is 0 Å². The van der Waals surface area contributed by atoms with Gasteiger partial charge in [-0.25, -0.2) is 4.39 Å². The van der Waals surface area contributed by atoms with Crippen molar-refractivity contribution in [1.82, 2.24) is 15.0 Å². The van der Waals surface area contributed by atoms with Crippen molar-refractivity contribution >= 4 is 16.7 Å². The summed E-state index contributed by atoms with van der Waals surface area (Å²) < 4.78 is 24.9. The van der Waals surface area contributed by atoms with Crippen LogP contribution in [0.5, 0.6) is 6.01 Å². The number of hydrogen-bond donors (Lipinski definition) is 2. The van der Waals surface area contributed by atoms with E-state index in [9.17, 15) is 4.39 Å². The lowest BCUT2D eigenvalue weighted by Gasteiger charge is -2.24. The molecule has 4 rings (SSSR count). The Morgan fingerprint density at radius 1 is 1.42 bits per heavy atom. The first-order chi connectivity index (χ1) is 11.5. The van der Waals surface area contributed by atoms with Crippen LogP contribution >= 0.6 is 0 Å². The minimum atomic E-state index is -2.08. The minimum Gasteiger partial charge on any atom is -0.408 e. The van der Waals surface area contributed by atoms with Crippen LogP contribution in [0.2, 0.25) is 0 Å². The van der Waals surface area contributed by atoms with Crippen LogP contribution in [-0.4, -0.2) is 56.9 Å². The molecule has 8 nitrogen and oxygen atoms in total. The zero-order chi connectivity index (χ0) is 16.8. The van der Waals surface area contributed by atoms with Gasteiger partial charge >= 0.3 is 12.5 Å². The first kappa shape index (κ1) is 15.4. The summed E-state index contributed by atoms with van der Waals surface area (Å²) in [5.74, 6) is -0.105. The van der Waals surface area contributed by atoms with Gasteiger partial charge in [-0.3, -0.25) is 4.98 Å². The molecule has 1 saturated carbocycles. The van der Waals surface area contributed by atoms with Crippen LogP contribution in [0.3, 0.4) is 0 Å². The lowest BCUT2D eigenvalue weighted by atomic mass is 10.2. The first-order valence-corrected chi connectivity index (χ1v) is 7.78. The van der Waals surface area contributed by atoms with E-state index in [2.05, 4.69) is 15.0 Å². The van der Waals surface area contributed by atoms with Crippen molar-refractivity contribution in [1.29, 1.82) is 0 Å². The number of pyridine rings is 1. The number of fused-ring (bicyclic) bond motifs is 2. The average molecular weight is 336 g/mol. The number of aromatic nitrogens is 3. The normalized spacial score (nSPS) is 23.3. The summed E-state index contributed by atoms with van der Waals surface area (Å²) in [6.07, 6.45) is 3.38. The summed E-state index contributed by atoms with van der Waals surface area (Å²) in [5, 5.41) is 18.5. The van der Waals surface area contributed by atoms with Gasteiger partial charge in [0.15, 0.2) is 5.82 Å². The molecular formula is C15H17FN4O4. The highest BCUT2D eigenvalue weighted by atomic mass is 19.1. The summed E-state index contributed by atoms with van der Waals surface area (Å²) in [6, 6.07) is -0.124. The predicted molar refractivity (Wildman–Crippen MR) is 81.0 cm³/mol. The molecular weight excluding hydrogens is 319 g/mol. The van der Waals surface area contributed by atoms with Crippen molar-refractivity contribution < 1.29 is 24.1 Å². The monoisotopic (exact) mass is 336 g/mol. The van der Waals surface area contributed by atoms with Gasteiger partial charge in [-0.05, 0) is 19.8 Å². The lowest BCUT2D eigenvalue weighted by molar-refractivity contribution is -0.183. The highest BCUT2D eigenvalue weighted by molar-refractivity contribution is 5.90. The Labute approximate surface area is 136 Å². The Kier molecular flexibility index (Phi) is 3.70. The summed E-state index contributed by atoms with van der Waals surface area (Å²) in [5.41, 5.74) is 0.247. The smallest absolute Gasteiger partial charge is 0.323 e. The molecule has 24 heavy (non-hydrogen) atoms. The van der Waals surface area contributed by atoms with Crippen LogP contribution in [0.25, 0.3) is 10.9 Å². The SMILES string of the molecule is Cc1ncc2c(N3CCCOC4CC43)nc(OC(O)O)nc2c1F. The molecule has 2 unspecified atom stereocenters. The maximum Gasteiger partial charge on any atom is 0.323 e. The summed E-state index contributed by atoms with van der Waals surface area (Å²) >= 11 is 0. The van der Waals surface area contributed by atoms with E-state index in [0.29, 0.717) is 24.4 Å². The third-order valence-electron chi connectivity index (χ3n) is 4.28. The molecule has 2 aliphatic rings. The van der Waals surface area contributed by atoms with E-state index >= 15 is 0 Å². The third-order valence-corrected chi connectivity index (χ3v) is 4.28. The van der Waals surface area contributed by atoms with E-state index < -0.39 is 12.3 Å². The van der Waals surface area contributed by atoms with Gasteiger partial charge in [0.25, 0.3) is 0 Å². The van der Waals surface area contributed by atoms with E-state index in [4.69, 9.17) is 19.7 Å². The molecule has 2 fully saturated rings. The molecule has 0 spiro atoms. The van der Waals surface area contributed by atoms with Crippen molar-refractivity contribution in [2.45, 2.75) is 38.4 Å². The number of rotatable bonds is 3. The van der Waals surface area contributed by atoms with E-state index in [1.165, 1.54) is 13.1 Å². The maximum absolute atomic E-state index is 14.5. The van der Waals surface area contributed by atoms with Crippen LogP contribution in [0.15, 0.2) is 6.20 Å². The standard InChI is InChI=1S/C15H17FN4O4/c1-7-11(16)12-8(6-17-7)13(19-14(18-12)24-15(21)22)20-3-2-4-23-10-5-9(10)20/h6,9-10,15,21-22H,2-5H2,1H3. The Morgan fingerprint density at radius 3 is 3.04 bits per heavy atom. The second-order valence-electron chi connectivity index (χ2n) is 5.95. The van der Waals surface area contributed by atoms with E-state index in [0.717, 1.165) is 12.8 Å². The molecule has 2 atom stereocenters. The molecule has 1 saturated heterocycles. The van der Waals surface area contributed by atoms with Gasteiger partial charge in [-0.2, -0.15) is 9.97 Å². The lowest BCUT2D eigenvalue weighted by Crippen LogP contribution is -2.29. The molecule has 1 aliphatic heterocycles. The van der Waals surface area contributed by atoms with Gasteiger partial charge < -0.3 is 24.6 Å². The number of anilines is 1.